The predicted molar refractivity (Wildman–Crippen MR) is 178 cm³/mol. The SMILES string of the molecule is C=C/C=C\c1c(C)c2cc3c(cc2c2ccccc12)C(C)(C)c1cc(P(=O)(c2ccccn2)c2ccccn2)ccc1-3. The highest BCUT2D eigenvalue weighted by atomic mass is 31.2. The van der Waals surface area contributed by atoms with Gasteiger partial charge in [0.2, 0.25) is 7.14 Å². The van der Waals surface area contributed by atoms with Crippen molar-refractivity contribution in [3.05, 3.63) is 144 Å². The first kappa shape index (κ1) is 26.3. The predicted octanol–water partition coefficient (Wildman–Crippen LogP) is 8.24. The highest BCUT2D eigenvalue weighted by Gasteiger charge is 2.39. The van der Waals surface area contributed by atoms with Crippen LogP contribution in [0.4, 0.5) is 0 Å². The summed E-state index contributed by atoms with van der Waals surface area (Å²) >= 11 is 0. The Kier molecular flexibility index (Phi) is 6.11. The summed E-state index contributed by atoms with van der Waals surface area (Å²) in [6, 6.07) is 30.9. The third-order valence-electron chi connectivity index (χ3n) is 8.82. The third kappa shape index (κ3) is 3.77. The van der Waals surface area contributed by atoms with Crippen molar-refractivity contribution in [3.8, 4) is 11.1 Å². The number of aryl methyl sites for hydroxylation is 1. The second-order valence-corrected chi connectivity index (χ2v) is 14.1. The minimum Gasteiger partial charge on any atom is -0.305 e. The topological polar surface area (TPSA) is 42.9 Å². The van der Waals surface area contributed by atoms with Crippen LogP contribution in [0.25, 0.3) is 38.7 Å². The molecule has 0 unspecified atom stereocenters. The van der Waals surface area contributed by atoms with Crippen molar-refractivity contribution in [2.45, 2.75) is 26.2 Å². The van der Waals surface area contributed by atoms with Crippen LogP contribution in [-0.2, 0) is 9.98 Å². The molecule has 204 valence electrons. The minimum absolute atomic E-state index is 0.287. The van der Waals surface area contributed by atoms with Gasteiger partial charge in [-0.3, -0.25) is 9.97 Å². The summed E-state index contributed by atoms with van der Waals surface area (Å²) in [6.07, 6.45) is 9.40. The molecule has 0 N–H and O–H groups in total. The molecule has 6 aromatic rings. The van der Waals surface area contributed by atoms with Gasteiger partial charge in [0.05, 0.1) is 0 Å². The lowest BCUT2D eigenvalue weighted by molar-refractivity contribution is 0.591. The van der Waals surface area contributed by atoms with Gasteiger partial charge in [-0.2, -0.15) is 0 Å². The molecule has 0 spiro atoms. The Labute approximate surface area is 246 Å². The van der Waals surface area contributed by atoms with Gasteiger partial charge in [-0.25, -0.2) is 0 Å². The molecule has 0 saturated heterocycles. The lowest BCUT2D eigenvalue weighted by atomic mass is 9.81. The summed E-state index contributed by atoms with van der Waals surface area (Å²) in [7, 11) is -3.30. The van der Waals surface area contributed by atoms with Gasteiger partial charge in [-0.15, -0.1) is 0 Å². The zero-order valence-corrected chi connectivity index (χ0v) is 24.9. The summed E-state index contributed by atoms with van der Waals surface area (Å²) in [6.45, 7) is 10.6. The van der Waals surface area contributed by atoms with E-state index in [1.165, 1.54) is 54.9 Å². The molecule has 0 radical (unpaired) electrons. The van der Waals surface area contributed by atoms with Gasteiger partial charge in [0.15, 0.2) is 0 Å². The van der Waals surface area contributed by atoms with E-state index in [9.17, 15) is 0 Å². The van der Waals surface area contributed by atoms with Crippen molar-refractivity contribution < 1.29 is 4.57 Å². The normalized spacial score (nSPS) is 13.9. The van der Waals surface area contributed by atoms with E-state index in [0.29, 0.717) is 10.9 Å². The van der Waals surface area contributed by atoms with Crippen molar-refractivity contribution >= 4 is 50.9 Å². The van der Waals surface area contributed by atoms with Gasteiger partial charge in [-0.05, 0) is 104 Å². The maximum absolute atomic E-state index is 15.1. The first-order chi connectivity index (χ1) is 20.4. The third-order valence-corrected chi connectivity index (χ3v) is 11.6. The van der Waals surface area contributed by atoms with Gasteiger partial charge in [0, 0.05) is 23.1 Å². The van der Waals surface area contributed by atoms with Crippen molar-refractivity contribution in [1.82, 2.24) is 9.97 Å². The maximum atomic E-state index is 15.1. The van der Waals surface area contributed by atoms with Crippen LogP contribution in [-0.4, -0.2) is 9.97 Å². The molecular weight excluding hydrogens is 531 g/mol. The number of allylic oxidation sites excluding steroid dienone is 2. The van der Waals surface area contributed by atoms with E-state index < -0.39 is 7.14 Å². The average Bonchev–Trinajstić information content (AvgIpc) is 3.26. The Bertz CT molecular complexity index is 2070. The second-order valence-electron chi connectivity index (χ2n) is 11.5. The molecule has 4 heteroatoms. The number of aromatic nitrogens is 2. The maximum Gasteiger partial charge on any atom is 0.205 e. The molecule has 2 aromatic heterocycles. The van der Waals surface area contributed by atoms with Gasteiger partial charge >= 0.3 is 0 Å². The number of hydrogen-bond donors (Lipinski definition) is 0. The number of fused-ring (bicyclic) bond motifs is 6. The number of hydrogen-bond acceptors (Lipinski definition) is 3. The van der Waals surface area contributed by atoms with E-state index in [1.54, 1.807) is 12.4 Å². The molecule has 0 bridgehead atoms. The van der Waals surface area contributed by atoms with Crippen LogP contribution in [0.3, 0.4) is 0 Å². The van der Waals surface area contributed by atoms with Crippen LogP contribution in [0, 0.1) is 6.92 Å². The van der Waals surface area contributed by atoms with Crippen LogP contribution in [0.5, 0.6) is 0 Å². The molecule has 0 atom stereocenters. The smallest absolute Gasteiger partial charge is 0.205 e. The summed E-state index contributed by atoms with van der Waals surface area (Å²) in [4.78, 5) is 9.13. The van der Waals surface area contributed by atoms with Crippen LogP contribution >= 0.6 is 7.14 Å². The van der Waals surface area contributed by atoms with Crippen LogP contribution in [0.15, 0.2) is 122 Å². The molecule has 42 heavy (non-hydrogen) atoms. The monoisotopic (exact) mass is 562 g/mol. The van der Waals surface area contributed by atoms with Gasteiger partial charge in [0.1, 0.15) is 10.9 Å². The van der Waals surface area contributed by atoms with Crippen molar-refractivity contribution in [2.24, 2.45) is 0 Å². The van der Waals surface area contributed by atoms with Crippen molar-refractivity contribution in [1.29, 1.82) is 0 Å². The molecule has 2 heterocycles. The minimum atomic E-state index is -3.30. The van der Waals surface area contributed by atoms with Gasteiger partial charge < -0.3 is 4.57 Å². The van der Waals surface area contributed by atoms with Crippen molar-refractivity contribution in [2.75, 3.05) is 0 Å². The lowest BCUT2D eigenvalue weighted by Crippen LogP contribution is -2.29. The summed E-state index contributed by atoms with van der Waals surface area (Å²) in [5, 5.41) is 5.74. The van der Waals surface area contributed by atoms with E-state index in [0.717, 1.165) is 5.30 Å². The molecule has 7 rings (SSSR count). The number of benzene rings is 4. The highest BCUT2D eigenvalue weighted by molar-refractivity contribution is 7.84. The van der Waals surface area contributed by atoms with E-state index in [1.807, 2.05) is 54.6 Å². The second kappa shape index (κ2) is 9.76. The number of nitrogens with zero attached hydrogens (tertiary/aromatic N) is 2. The van der Waals surface area contributed by atoms with Crippen LogP contribution in [0.1, 0.15) is 36.1 Å². The summed E-state index contributed by atoms with van der Waals surface area (Å²) in [5.41, 5.74) is 8.15. The Morgan fingerprint density at radius 1 is 0.714 bits per heavy atom. The number of rotatable bonds is 5. The Morgan fingerprint density at radius 3 is 2.00 bits per heavy atom. The Morgan fingerprint density at radius 2 is 1.36 bits per heavy atom. The molecule has 1 aliphatic carbocycles. The number of pyridine rings is 2. The molecule has 1 aliphatic rings. The fourth-order valence-corrected chi connectivity index (χ4v) is 9.05. The van der Waals surface area contributed by atoms with Crippen LogP contribution < -0.4 is 16.2 Å². The summed E-state index contributed by atoms with van der Waals surface area (Å²) in [5.74, 6) is 0. The van der Waals surface area contributed by atoms with Crippen LogP contribution in [0.2, 0.25) is 0 Å². The molecule has 0 aliphatic heterocycles. The largest absolute Gasteiger partial charge is 0.305 e. The quantitative estimate of drug-likeness (QED) is 0.121. The average molecular weight is 563 g/mol. The molecule has 0 fully saturated rings. The zero-order valence-electron chi connectivity index (χ0n) is 24.0. The molecule has 3 nitrogen and oxygen atoms in total. The van der Waals surface area contributed by atoms with Gasteiger partial charge in [0.25, 0.3) is 0 Å². The lowest BCUT2D eigenvalue weighted by Gasteiger charge is -2.24. The Hall–Kier alpha value is -4.59. The van der Waals surface area contributed by atoms with E-state index >= 15 is 4.57 Å². The fraction of sp³-hybridized carbons (Fsp3) is 0.105. The zero-order chi connectivity index (χ0) is 29.1. The summed E-state index contributed by atoms with van der Waals surface area (Å²) < 4.78 is 15.1. The first-order valence-corrected chi connectivity index (χ1v) is 15.9. The van der Waals surface area contributed by atoms with E-state index in [-0.39, 0.29) is 5.41 Å². The van der Waals surface area contributed by atoms with E-state index in [4.69, 9.17) is 0 Å². The molecular formula is C38H31N2OP. The molecule has 0 amide bonds. The Balaban J connectivity index is 1.49. The molecule has 4 aromatic carbocycles. The highest BCUT2D eigenvalue weighted by Crippen LogP contribution is 2.52. The van der Waals surface area contributed by atoms with Gasteiger partial charge in [-0.1, -0.05) is 87.2 Å². The van der Waals surface area contributed by atoms with Crippen molar-refractivity contribution in [3.63, 3.8) is 0 Å². The fourth-order valence-electron chi connectivity index (χ4n) is 6.64. The molecule has 0 saturated carbocycles. The standard InChI is InChI=1S/C38H31N2OP/c1-5-6-13-27-25(2)31-23-33-30-19-18-26(42(41,36-16-9-11-20-39-36)37-17-10-12-21-40-37)22-34(30)38(3,4)35(33)24-32(31)29-15-8-7-14-28(27)29/h5-24H,1H2,2-4H3/b13-6-. The van der Waals surface area contributed by atoms with E-state index in [2.05, 4.69) is 91.9 Å². The first-order valence-electron chi connectivity index (χ1n) is 14.2.